The molecule has 1 aliphatic carbocycles. The molecule has 1 atom stereocenters. The lowest BCUT2D eigenvalue weighted by Crippen LogP contribution is -2.37. The Bertz CT molecular complexity index is 1010. The summed E-state index contributed by atoms with van der Waals surface area (Å²) in [6.45, 7) is 1.59. The number of aromatic nitrogens is 4. The van der Waals surface area contributed by atoms with Crippen molar-refractivity contribution in [1.29, 1.82) is 0 Å². The van der Waals surface area contributed by atoms with Crippen LogP contribution in [0, 0.1) is 0 Å². The maximum absolute atomic E-state index is 12.5. The second-order valence-corrected chi connectivity index (χ2v) is 7.43. The largest absolute Gasteiger partial charge is 0.497 e. The lowest BCUT2D eigenvalue weighted by atomic mass is 10.2. The maximum Gasteiger partial charge on any atom is 0.251 e. The van der Waals surface area contributed by atoms with Crippen molar-refractivity contribution in [2.24, 2.45) is 0 Å². The van der Waals surface area contributed by atoms with Crippen LogP contribution in [0.3, 0.4) is 0 Å². The first-order chi connectivity index (χ1) is 13.7. The fourth-order valence-corrected chi connectivity index (χ4v) is 3.66. The minimum absolute atomic E-state index is 0.0623. The minimum atomic E-state index is -0.0623. The predicted molar refractivity (Wildman–Crippen MR) is 104 cm³/mol. The average Bonchev–Trinajstić information content (AvgIpc) is 3.31. The van der Waals surface area contributed by atoms with Crippen molar-refractivity contribution in [3.8, 4) is 5.75 Å². The molecule has 1 unspecified atom stereocenters. The van der Waals surface area contributed by atoms with Gasteiger partial charge in [-0.15, -0.1) is 15.3 Å². The molecule has 8 heteroatoms. The number of hydrogen-bond acceptors (Lipinski definition) is 6. The van der Waals surface area contributed by atoms with E-state index < -0.39 is 0 Å². The van der Waals surface area contributed by atoms with E-state index in [1.54, 1.807) is 31.4 Å². The highest BCUT2D eigenvalue weighted by molar-refractivity contribution is 5.94. The lowest BCUT2D eigenvalue weighted by molar-refractivity contribution is 0.0940. The van der Waals surface area contributed by atoms with Crippen LogP contribution in [0.4, 0.5) is 5.82 Å². The zero-order valence-corrected chi connectivity index (χ0v) is 15.7. The van der Waals surface area contributed by atoms with E-state index in [1.807, 2.05) is 16.6 Å². The first kappa shape index (κ1) is 17.0. The minimum Gasteiger partial charge on any atom is -0.497 e. The molecule has 144 valence electrons. The molecule has 1 saturated heterocycles. The molecule has 2 aromatic heterocycles. The van der Waals surface area contributed by atoms with E-state index in [2.05, 4.69) is 20.4 Å². The molecule has 1 aliphatic heterocycles. The zero-order chi connectivity index (χ0) is 19.1. The molecule has 0 bridgehead atoms. The first-order valence-corrected chi connectivity index (χ1v) is 9.63. The molecule has 2 fully saturated rings. The molecule has 1 amide bonds. The Morgan fingerprint density at radius 3 is 2.68 bits per heavy atom. The molecule has 1 N–H and O–H groups in total. The summed E-state index contributed by atoms with van der Waals surface area (Å²) in [5, 5.41) is 16.4. The summed E-state index contributed by atoms with van der Waals surface area (Å²) in [5.41, 5.74) is 1.42. The summed E-state index contributed by atoms with van der Waals surface area (Å²) >= 11 is 0. The lowest BCUT2D eigenvalue weighted by Gasteiger charge is -2.18. The van der Waals surface area contributed by atoms with E-state index in [-0.39, 0.29) is 11.9 Å². The van der Waals surface area contributed by atoms with Crippen LogP contribution < -0.4 is 15.0 Å². The van der Waals surface area contributed by atoms with Gasteiger partial charge in [-0.25, -0.2) is 0 Å². The summed E-state index contributed by atoms with van der Waals surface area (Å²) in [4.78, 5) is 14.7. The quantitative estimate of drug-likeness (QED) is 0.731. The third-order valence-electron chi connectivity index (χ3n) is 5.42. The SMILES string of the molecule is COc1ccc(C(=O)NC2CCN(c3ccc4nnc(C5CC5)n4n3)C2)cc1. The van der Waals surface area contributed by atoms with Gasteiger partial charge in [-0.1, -0.05) is 0 Å². The van der Waals surface area contributed by atoms with Gasteiger partial charge in [-0.05, 0) is 55.7 Å². The van der Waals surface area contributed by atoms with Gasteiger partial charge in [0.1, 0.15) is 11.6 Å². The van der Waals surface area contributed by atoms with Gasteiger partial charge in [0.2, 0.25) is 0 Å². The summed E-state index contributed by atoms with van der Waals surface area (Å²) in [5.74, 6) is 3.03. The van der Waals surface area contributed by atoms with Crippen LogP contribution >= 0.6 is 0 Å². The van der Waals surface area contributed by atoms with Crippen LogP contribution in [0.5, 0.6) is 5.75 Å². The molecule has 0 radical (unpaired) electrons. The predicted octanol–water partition coefficient (Wildman–Crippen LogP) is 2.02. The molecule has 1 aromatic carbocycles. The van der Waals surface area contributed by atoms with Crippen LogP contribution in [0.25, 0.3) is 5.65 Å². The van der Waals surface area contributed by atoms with Gasteiger partial charge >= 0.3 is 0 Å². The number of amides is 1. The highest BCUT2D eigenvalue weighted by Gasteiger charge is 2.30. The number of ether oxygens (including phenoxy) is 1. The Morgan fingerprint density at radius 1 is 1.11 bits per heavy atom. The van der Waals surface area contributed by atoms with Crippen LogP contribution in [0.15, 0.2) is 36.4 Å². The molecule has 3 heterocycles. The number of carbonyl (C=O) groups excluding carboxylic acids is 1. The topological polar surface area (TPSA) is 84.6 Å². The smallest absolute Gasteiger partial charge is 0.251 e. The maximum atomic E-state index is 12.5. The fraction of sp³-hybridized carbons (Fsp3) is 0.400. The second kappa shape index (κ2) is 6.78. The van der Waals surface area contributed by atoms with Crippen molar-refractivity contribution >= 4 is 17.4 Å². The third kappa shape index (κ3) is 3.15. The Morgan fingerprint density at radius 2 is 1.93 bits per heavy atom. The van der Waals surface area contributed by atoms with Gasteiger partial charge in [-0.3, -0.25) is 4.79 Å². The number of fused-ring (bicyclic) bond motifs is 1. The third-order valence-corrected chi connectivity index (χ3v) is 5.42. The standard InChI is InChI=1S/C20H22N6O2/c1-28-16-6-4-14(5-7-16)20(27)21-15-10-11-25(12-15)18-9-8-17-22-23-19(13-2-3-13)26(17)24-18/h4-9,13,15H,2-3,10-12H2,1H3,(H,21,27). The van der Waals surface area contributed by atoms with Crippen molar-refractivity contribution in [2.75, 3.05) is 25.1 Å². The number of rotatable bonds is 5. The number of hydrogen-bond donors (Lipinski definition) is 1. The number of carbonyl (C=O) groups is 1. The monoisotopic (exact) mass is 378 g/mol. The average molecular weight is 378 g/mol. The van der Waals surface area contributed by atoms with E-state index in [9.17, 15) is 4.79 Å². The molecule has 1 saturated carbocycles. The van der Waals surface area contributed by atoms with Gasteiger partial charge in [0.25, 0.3) is 5.91 Å². The molecular formula is C20H22N6O2. The van der Waals surface area contributed by atoms with Gasteiger partial charge in [0.15, 0.2) is 11.5 Å². The normalized spacial score (nSPS) is 19.2. The van der Waals surface area contributed by atoms with Gasteiger partial charge in [0.05, 0.1) is 7.11 Å². The van der Waals surface area contributed by atoms with Crippen molar-refractivity contribution in [3.63, 3.8) is 0 Å². The van der Waals surface area contributed by atoms with Gasteiger partial charge in [0, 0.05) is 30.6 Å². The van der Waals surface area contributed by atoms with E-state index in [0.717, 1.165) is 55.4 Å². The van der Waals surface area contributed by atoms with Crippen molar-refractivity contribution in [1.82, 2.24) is 25.1 Å². The fourth-order valence-electron chi connectivity index (χ4n) is 3.66. The highest BCUT2D eigenvalue weighted by Crippen LogP contribution is 2.38. The number of methoxy groups -OCH3 is 1. The van der Waals surface area contributed by atoms with Crippen molar-refractivity contribution in [3.05, 3.63) is 47.8 Å². The molecule has 0 spiro atoms. The van der Waals surface area contributed by atoms with Gasteiger partial charge in [-0.2, -0.15) is 4.52 Å². The Labute approximate surface area is 162 Å². The van der Waals surface area contributed by atoms with Crippen LogP contribution in [-0.4, -0.2) is 52.0 Å². The molecule has 28 heavy (non-hydrogen) atoms. The van der Waals surface area contributed by atoms with E-state index in [4.69, 9.17) is 9.84 Å². The van der Waals surface area contributed by atoms with Crippen LogP contribution in [-0.2, 0) is 0 Å². The number of anilines is 1. The van der Waals surface area contributed by atoms with Crippen LogP contribution in [0.1, 0.15) is 41.4 Å². The van der Waals surface area contributed by atoms with Gasteiger partial charge < -0.3 is 15.0 Å². The van der Waals surface area contributed by atoms with E-state index in [0.29, 0.717) is 11.5 Å². The number of nitrogens with one attached hydrogen (secondary N) is 1. The zero-order valence-electron chi connectivity index (χ0n) is 15.7. The first-order valence-electron chi connectivity index (χ1n) is 9.63. The number of benzene rings is 1. The molecule has 3 aromatic rings. The van der Waals surface area contributed by atoms with Crippen molar-refractivity contribution < 1.29 is 9.53 Å². The molecule has 5 rings (SSSR count). The van der Waals surface area contributed by atoms with E-state index >= 15 is 0 Å². The highest BCUT2D eigenvalue weighted by atomic mass is 16.5. The Hall–Kier alpha value is -3.16. The summed E-state index contributed by atoms with van der Waals surface area (Å²) in [7, 11) is 1.61. The Balaban J connectivity index is 1.27. The second-order valence-electron chi connectivity index (χ2n) is 7.43. The number of nitrogens with zero attached hydrogens (tertiary/aromatic N) is 5. The van der Waals surface area contributed by atoms with Crippen molar-refractivity contribution in [2.45, 2.75) is 31.2 Å². The summed E-state index contributed by atoms with van der Waals surface area (Å²) in [6.07, 6.45) is 3.21. The Kier molecular flexibility index (Phi) is 4.11. The molecular weight excluding hydrogens is 356 g/mol. The summed E-state index contributed by atoms with van der Waals surface area (Å²) in [6, 6.07) is 11.2. The molecule has 2 aliphatic rings. The molecule has 8 nitrogen and oxygen atoms in total. The summed E-state index contributed by atoms with van der Waals surface area (Å²) < 4.78 is 7.01. The van der Waals surface area contributed by atoms with Crippen LogP contribution in [0.2, 0.25) is 0 Å². The van der Waals surface area contributed by atoms with E-state index in [1.165, 1.54) is 0 Å².